The van der Waals surface area contributed by atoms with Crippen LogP contribution in [0.15, 0.2) is 22.6 Å². The smallest absolute Gasteiger partial charge is 0.321 e. The summed E-state index contributed by atoms with van der Waals surface area (Å²) in [6, 6.07) is 4.39. The van der Waals surface area contributed by atoms with Gasteiger partial charge in [0.1, 0.15) is 0 Å². The molecule has 7 heteroatoms. The number of nitrogens with one attached hydrogen (secondary N) is 1. The van der Waals surface area contributed by atoms with Gasteiger partial charge in [0.2, 0.25) is 0 Å². The maximum Gasteiger partial charge on any atom is 0.321 e. The molecular weight excluding hydrogens is 215 g/mol. The molecule has 0 spiro atoms. The number of methoxy groups -OCH3 is 1. The van der Waals surface area contributed by atoms with Crippen LogP contribution in [-0.4, -0.2) is 17.3 Å². The second-order valence-electron chi connectivity index (χ2n) is 2.92. The minimum absolute atomic E-state index is 0.0588. The molecule has 84 valence electrons. The third kappa shape index (κ3) is 2.02. The standard InChI is InChI=1S/C9H9FN4O2/c1-15-7-3-2-5(4-6(7)10)12-9-14-13-8(11)16-9/h2-4H,1H3,(H2,11,13)(H,12,14). The summed E-state index contributed by atoms with van der Waals surface area (Å²) < 4.78 is 23.0. The van der Waals surface area contributed by atoms with Crippen LogP contribution in [0.5, 0.6) is 5.75 Å². The van der Waals surface area contributed by atoms with E-state index < -0.39 is 5.82 Å². The number of anilines is 3. The summed E-state index contributed by atoms with van der Waals surface area (Å²) in [7, 11) is 1.39. The Kier molecular flexibility index (Phi) is 2.59. The van der Waals surface area contributed by atoms with Crippen molar-refractivity contribution < 1.29 is 13.5 Å². The molecule has 3 N–H and O–H groups in total. The molecule has 1 aromatic heterocycles. The van der Waals surface area contributed by atoms with Crippen LogP contribution >= 0.6 is 0 Å². The van der Waals surface area contributed by atoms with Crippen LogP contribution in [0, 0.1) is 5.82 Å². The first-order valence-corrected chi connectivity index (χ1v) is 4.38. The van der Waals surface area contributed by atoms with E-state index in [9.17, 15) is 4.39 Å². The molecule has 0 aliphatic carbocycles. The Balaban J connectivity index is 2.19. The monoisotopic (exact) mass is 224 g/mol. The van der Waals surface area contributed by atoms with Crippen LogP contribution in [0.2, 0.25) is 0 Å². The van der Waals surface area contributed by atoms with Crippen molar-refractivity contribution in [2.45, 2.75) is 0 Å². The molecule has 0 saturated heterocycles. The summed E-state index contributed by atoms with van der Waals surface area (Å²) >= 11 is 0. The van der Waals surface area contributed by atoms with E-state index in [0.29, 0.717) is 5.69 Å². The van der Waals surface area contributed by atoms with Gasteiger partial charge in [-0.15, -0.1) is 0 Å². The van der Waals surface area contributed by atoms with Crippen LogP contribution in [0.3, 0.4) is 0 Å². The van der Waals surface area contributed by atoms with Gasteiger partial charge in [-0.25, -0.2) is 4.39 Å². The van der Waals surface area contributed by atoms with Gasteiger partial charge in [-0.3, -0.25) is 0 Å². The van der Waals surface area contributed by atoms with Gasteiger partial charge in [0.25, 0.3) is 0 Å². The van der Waals surface area contributed by atoms with Gasteiger partial charge in [0.05, 0.1) is 7.11 Å². The Hall–Kier alpha value is -2.31. The zero-order chi connectivity index (χ0) is 11.5. The second kappa shape index (κ2) is 4.05. The lowest BCUT2D eigenvalue weighted by Gasteiger charge is -2.04. The van der Waals surface area contributed by atoms with Crippen LogP contribution in [0.25, 0.3) is 0 Å². The minimum Gasteiger partial charge on any atom is -0.494 e. The second-order valence-corrected chi connectivity index (χ2v) is 2.92. The van der Waals surface area contributed by atoms with Crippen molar-refractivity contribution in [2.75, 3.05) is 18.2 Å². The molecule has 0 aliphatic rings. The zero-order valence-electron chi connectivity index (χ0n) is 8.40. The number of ether oxygens (including phenoxy) is 1. The van der Waals surface area contributed by atoms with Crippen molar-refractivity contribution in [1.82, 2.24) is 10.2 Å². The summed E-state index contributed by atoms with van der Waals surface area (Å²) in [4.78, 5) is 0. The molecule has 16 heavy (non-hydrogen) atoms. The normalized spacial score (nSPS) is 10.1. The van der Waals surface area contributed by atoms with E-state index in [1.54, 1.807) is 6.07 Å². The Morgan fingerprint density at radius 2 is 2.25 bits per heavy atom. The van der Waals surface area contributed by atoms with Crippen molar-refractivity contribution >= 4 is 17.7 Å². The fourth-order valence-corrected chi connectivity index (χ4v) is 1.15. The van der Waals surface area contributed by atoms with E-state index >= 15 is 0 Å². The summed E-state index contributed by atoms with van der Waals surface area (Å²) in [5.74, 6) is -0.324. The molecule has 2 aromatic rings. The molecule has 6 nitrogen and oxygen atoms in total. The molecule has 0 radical (unpaired) electrons. The fourth-order valence-electron chi connectivity index (χ4n) is 1.15. The fraction of sp³-hybridized carbons (Fsp3) is 0.111. The Morgan fingerprint density at radius 3 is 2.81 bits per heavy atom. The third-order valence-corrected chi connectivity index (χ3v) is 1.84. The molecular formula is C9H9FN4O2. The third-order valence-electron chi connectivity index (χ3n) is 1.84. The molecule has 0 fully saturated rings. The first-order chi connectivity index (χ1) is 7.69. The largest absolute Gasteiger partial charge is 0.494 e. The number of rotatable bonds is 3. The molecule has 1 aromatic carbocycles. The van der Waals surface area contributed by atoms with Crippen LogP contribution < -0.4 is 15.8 Å². The Bertz CT molecular complexity index is 500. The highest BCUT2D eigenvalue weighted by molar-refractivity contribution is 5.54. The number of benzene rings is 1. The van der Waals surface area contributed by atoms with Crippen molar-refractivity contribution in [1.29, 1.82) is 0 Å². The van der Waals surface area contributed by atoms with E-state index in [1.807, 2.05) is 0 Å². The van der Waals surface area contributed by atoms with Crippen molar-refractivity contribution in [2.24, 2.45) is 0 Å². The number of aromatic nitrogens is 2. The van der Waals surface area contributed by atoms with Gasteiger partial charge in [-0.1, -0.05) is 10.2 Å². The lowest BCUT2D eigenvalue weighted by Crippen LogP contribution is -1.93. The predicted molar refractivity (Wildman–Crippen MR) is 54.9 cm³/mol. The molecule has 0 unspecified atom stereocenters. The SMILES string of the molecule is COc1ccc(Nc2nnc(N)o2)cc1F. The number of nitrogens with two attached hydrogens (primary N) is 1. The highest BCUT2D eigenvalue weighted by Crippen LogP contribution is 2.23. The lowest BCUT2D eigenvalue weighted by molar-refractivity contribution is 0.386. The average molecular weight is 224 g/mol. The quantitative estimate of drug-likeness (QED) is 0.822. The predicted octanol–water partition coefficient (Wildman–Crippen LogP) is 1.54. The number of hydrogen-bond acceptors (Lipinski definition) is 6. The van der Waals surface area contributed by atoms with E-state index in [-0.39, 0.29) is 17.8 Å². The Labute approximate surface area is 90.2 Å². The van der Waals surface area contributed by atoms with Crippen LogP contribution in [-0.2, 0) is 0 Å². The van der Waals surface area contributed by atoms with Crippen molar-refractivity contribution in [3.8, 4) is 5.75 Å². The molecule has 2 rings (SSSR count). The summed E-state index contributed by atoms with van der Waals surface area (Å²) in [5, 5.41) is 9.73. The number of nitrogens with zero attached hydrogens (tertiary/aromatic N) is 2. The average Bonchev–Trinajstić information content (AvgIpc) is 2.64. The van der Waals surface area contributed by atoms with E-state index in [2.05, 4.69) is 15.5 Å². The van der Waals surface area contributed by atoms with E-state index in [1.165, 1.54) is 19.2 Å². The van der Waals surface area contributed by atoms with Gasteiger partial charge in [-0.2, -0.15) is 0 Å². The van der Waals surface area contributed by atoms with Gasteiger partial charge < -0.3 is 20.2 Å². The Morgan fingerprint density at radius 1 is 1.44 bits per heavy atom. The van der Waals surface area contributed by atoms with Gasteiger partial charge in [0, 0.05) is 11.8 Å². The topological polar surface area (TPSA) is 86.2 Å². The molecule has 0 amide bonds. The maximum absolute atomic E-state index is 13.3. The van der Waals surface area contributed by atoms with Crippen molar-refractivity contribution in [3.63, 3.8) is 0 Å². The number of halogens is 1. The van der Waals surface area contributed by atoms with Gasteiger partial charge in [-0.05, 0) is 12.1 Å². The minimum atomic E-state index is -0.486. The summed E-state index contributed by atoms with van der Waals surface area (Å²) in [5.41, 5.74) is 5.69. The first kappa shape index (κ1) is 10.2. The molecule has 0 aliphatic heterocycles. The highest BCUT2D eigenvalue weighted by atomic mass is 19.1. The van der Waals surface area contributed by atoms with Crippen LogP contribution in [0.4, 0.5) is 22.1 Å². The molecule has 0 bridgehead atoms. The summed E-state index contributed by atoms with van der Waals surface area (Å²) in [6.07, 6.45) is 0. The number of nitrogen functional groups attached to an aromatic ring is 1. The van der Waals surface area contributed by atoms with Gasteiger partial charge in [0.15, 0.2) is 11.6 Å². The summed E-state index contributed by atoms with van der Waals surface area (Å²) in [6.45, 7) is 0. The van der Waals surface area contributed by atoms with Crippen molar-refractivity contribution in [3.05, 3.63) is 24.0 Å². The van der Waals surface area contributed by atoms with E-state index in [4.69, 9.17) is 14.9 Å². The van der Waals surface area contributed by atoms with Crippen LogP contribution in [0.1, 0.15) is 0 Å². The first-order valence-electron chi connectivity index (χ1n) is 4.38. The molecule has 0 atom stereocenters. The highest BCUT2D eigenvalue weighted by Gasteiger charge is 2.06. The number of hydrogen-bond donors (Lipinski definition) is 2. The zero-order valence-corrected chi connectivity index (χ0v) is 8.40. The van der Waals surface area contributed by atoms with E-state index in [0.717, 1.165) is 0 Å². The van der Waals surface area contributed by atoms with Gasteiger partial charge >= 0.3 is 12.0 Å². The molecule has 1 heterocycles. The lowest BCUT2D eigenvalue weighted by atomic mass is 10.3. The maximum atomic E-state index is 13.3. The molecule has 0 saturated carbocycles.